The van der Waals surface area contributed by atoms with Crippen molar-refractivity contribution in [3.05, 3.63) is 40.3 Å². The zero-order chi connectivity index (χ0) is 19.9. The first-order chi connectivity index (χ1) is 12.6. The van der Waals surface area contributed by atoms with E-state index in [1.54, 1.807) is 0 Å². The second-order valence-electron chi connectivity index (χ2n) is 8.03. The summed E-state index contributed by atoms with van der Waals surface area (Å²) in [5.41, 5.74) is 3.59. The number of aromatic amines is 1. The van der Waals surface area contributed by atoms with Gasteiger partial charge in [-0.25, -0.2) is 9.18 Å². The van der Waals surface area contributed by atoms with Crippen molar-refractivity contribution in [2.45, 2.75) is 59.1 Å². The highest BCUT2D eigenvalue weighted by molar-refractivity contribution is 5.99. The van der Waals surface area contributed by atoms with Crippen LogP contribution in [0.25, 0.3) is 16.5 Å². The summed E-state index contributed by atoms with van der Waals surface area (Å²) >= 11 is 0. The lowest BCUT2D eigenvalue weighted by molar-refractivity contribution is 0.0507. The summed E-state index contributed by atoms with van der Waals surface area (Å²) in [4.78, 5) is 15.2. The first-order valence-electron chi connectivity index (χ1n) is 9.01. The summed E-state index contributed by atoms with van der Waals surface area (Å²) in [5, 5.41) is 12.9. The Hall–Kier alpha value is -2.81. The number of carbonyl (C=O) groups is 1. The van der Waals surface area contributed by atoms with Crippen LogP contribution in [0.3, 0.4) is 0 Å². The van der Waals surface area contributed by atoms with Crippen molar-refractivity contribution in [2.75, 3.05) is 0 Å². The first-order valence-corrected chi connectivity index (χ1v) is 9.01. The maximum Gasteiger partial charge on any atom is 0.407 e. The minimum absolute atomic E-state index is 0.139. The van der Waals surface area contributed by atoms with Crippen molar-refractivity contribution in [3.8, 4) is 6.07 Å². The first kappa shape index (κ1) is 19.0. The predicted octanol–water partition coefficient (Wildman–Crippen LogP) is 4.87. The molecule has 0 radical (unpaired) electrons. The van der Waals surface area contributed by atoms with Gasteiger partial charge in [0.25, 0.3) is 0 Å². The number of amides is 1. The van der Waals surface area contributed by atoms with Crippen molar-refractivity contribution in [1.82, 2.24) is 10.3 Å². The van der Waals surface area contributed by atoms with Crippen molar-refractivity contribution >= 4 is 22.6 Å². The van der Waals surface area contributed by atoms with Crippen LogP contribution in [0.15, 0.2) is 12.1 Å². The molecule has 0 saturated heterocycles. The summed E-state index contributed by atoms with van der Waals surface area (Å²) in [5.74, 6) is -0.412. The van der Waals surface area contributed by atoms with E-state index in [1.807, 2.05) is 40.7 Å². The van der Waals surface area contributed by atoms with Gasteiger partial charge in [-0.1, -0.05) is 6.08 Å². The van der Waals surface area contributed by atoms with E-state index in [1.165, 1.54) is 6.07 Å². The number of rotatable bonds is 2. The molecule has 0 fully saturated rings. The average Bonchev–Trinajstić information content (AvgIpc) is 3.11. The number of carbonyl (C=O) groups excluding carboxylic acids is 1. The smallest absolute Gasteiger partial charge is 0.407 e. The van der Waals surface area contributed by atoms with Crippen LogP contribution in [0.4, 0.5) is 9.18 Å². The molecule has 2 N–H and O–H groups in total. The van der Waals surface area contributed by atoms with E-state index in [0.717, 1.165) is 22.2 Å². The van der Waals surface area contributed by atoms with Crippen molar-refractivity contribution in [3.63, 3.8) is 0 Å². The fourth-order valence-corrected chi connectivity index (χ4v) is 3.53. The van der Waals surface area contributed by atoms with Gasteiger partial charge in [0, 0.05) is 22.7 Å². The van der Waals surface area contributed by atoms with Gasteiger partial charge in [0.2, 0.25) is 0 Å². The largest absolute Gasteiger partial charge is 0.444 e. The number of benzene rings is 1. The minimum atomic E-state index is -0.565. The molecule has 1 aromatic heterocycles. The number of aromatic nitrogens is 1. The molecule has 1 amide bonds. The van der Waals surface area contributed by atoms with E-state index < -0.39 is 17.5 Å². The number of aryl methyl sites for hydroxylation is 2. The monoisotopic (exact) mass is 369 g/mol. The number of nitrogens with one attached hydrogen (secondary N) is 2. The van der Waals surface area contributed by atoms with Crippen LogP contribution in [0.1, 0.15) is 56.0 Å². The number of hydrogen-bond donors (Lipinski definition) is 2. The van der Waals surface area contributed by atoms with E-state index in [4.69, 9.17) is 4.74 Å². The molecule has 0 spiro atoms. The molecule has 1 aliphatic carbocycles. The molecule has 1 aliphatic rings. The maximum absolute atomic E-state index is 14.9. The molecule has 27 heavy (non-hydrogen) atoms. The highest BCUT2D eigenvalue weighted by Crippen LogP contribution is 2.38. The van der Waals surface area contributed by atoms with Crippen LogP contribution >= 0.6 is 0 Å². The van der Waals surface area contributed by atoms with E-state index in [2.05, 4.69) is 16.4 Å². The quantitative estimate of drug-likeness (QED) is 0.793. The Balaban J connectivity index is 1.90. The van der Waals surface area contributed by atoms with E-state index in [0.29, 0.717) is 29.5 Å². The lowest BCUT2D eigenvalue weighted by Gasteiger charge is -2.22. The van der Waals surface area contributed by atoms with Crippen molar-refractivity contribution in [1.29, 1.82) is 5.26 Å². The third-order valence-electron chi connectivity index (χ3n) is 4.81. The van der Waals surface area contributed by atoms with Crippen molar-refractivity contribution < 1.29 is 13.9 Å². The summed E-state index contributed by atoms with van der Waals surface area (Å²) in [6.45, 7) is 9.26. The number of ether oxygens (including phenoxy) is 1. The molecule has 6 heteroatoms. The summed E-state index contributed by atoms with van der Waals surface area (Å²) in [6.07, 6.45) is 2.60. The Kier molecular flexibility index (Phi) is 4.73. The highest BCUT2D eigenvalue weighted by atomic mass is 19.1. The van der Waals surface area contributed by atoms with Gasteiger partial charge in [-0.15, -0.1) is 0 Å². The Labute approximate surface area is 158 Å². The second-order valence-corrected chi connectivity index (χ2v) is 8.03. The van der Waals surface area contributed by atoms with Crippen LogP contribution in [-0.4, -0.2) is 22.7 Å². The zero-order valence-electron chi connectivity index (χ0n) is 16.3. The lowest BCUT2D eigenvalue weighted by Crippen LogP contribution is -2.38. The number of nitrogens with zero attached hydrogens (tertiary/aromatic N) is 1. The normalized spacial score (nSPS) is 16.9. The fraction of sp³-hybridized carbons (Fsp3) is 0.429. The highest BCUT2D eigenvalue weighted by Gasteiger charge is 2.27. The lowest BCUT2D eigenvalue weighted by atomic mass is 9.95. The molecule has 1 aromatic carbocycles. The fourth-order valence-electron chi connectivity index (χ4n) is 3.53. The van der Waals surface area contributed by atoms with Gasteiger partial charge in [0.05, 0.1) is 11.1 Å². The molecule has 2 aromatic rings. The van der Waals surface area contributed by atoms with E-state index in [-0.39, 0.29) is 6.04 Å². The average molecular weight is 369 g/mol. The third-order valence-corrected chi connectivity index (χ3v) is 4.81. The number of halogens is 1. The van der Waals surface area contributed by atoms with Gasteiger partial charge in [-0.05, 0) is 64.7 Å². The van der Waals surface area contributed by atoms with E-state index in [9.17, 15) is 14.4 Å². The Morgan fingerprint density at radius 3 is 2.74 bits per heavy atom. The molecule has 1 unspecified atom stereocenters. The molecule has 1 atom stereocenters. The minimum Gasteiger partial charge on any atom is -0.444 e. The van der Waals surface area contributed by atoms with Gasteiger partial charge < -0.3 is 15.0 Å². The SMILES string of the molecule is Cc1[nH]c2c(C#N)cc(F)c(C3=CCC(NC(=O)OC(C)(C)C)C3)c2c1C. The van der Waals surface area contributed by atoms with Crippen LogP contribution in [0.2, 0.25) is 0 Å². The molecular weight excluding hydrogens is 345 g/mol. The zero-order valence-corrected chi connectivity index (χ0v) is 16.3. The topological polar surface area (TPSA) is 77.9 Å². The number of alkyl carbamates (subject to hydrolysis) is 1. The Morgan fingerprint density at radius 1 is 1.41 bits per heavy atom. The molecular formula is C21H24FN3O2. The molecule has 0 bridgehead atoms. The second kappa shape index (κ2) is 6.73. The molecule has 1 heterocycles. The van der Waals surface area contributed by atoms with Gasteiger partial charge in [0.1, 0.15) is 17.5 Å². The molecule has 142 valence electrons. The summed E-state index contributed by atoms with van der Waals surface area (Å²) < 4.78 is 20.2. The standard InChI is InChI=1S/C21H24FN3O2/c1-11-12(2)24-19-14(10-23)9-16(22)18(17(11)19)13-6-7-15(8-13)25-20(26)27-21(3,4)5/h6,9,15,24H,7-8H2,1-5H3,(H,25,26). The van der Waals surface area contributed by atoms with Gasteiger partial charge in [-0.2, -0.15) is 5.26 Å². The molecule has 0 aliphatic heterocycles. The molecule has 3 rings (SSSR count). The van der Waals surface area contributed by atoms with Crippen LogP contribution in [-0.2, 0) is 4.74 Å². The number of fused-ring (bicyclic) bond motifs is 1. The predicted molar refractivity (Wildman–Crippen MR) is 103 cm³/mol. The molecule has 0 saturated carbocycles. The Bertz CT molecular complexity index is 990. The number of hydrogen-bond acceptors (Lipinski definition) is 3. The van der Waals surface area contributed by atoms with Crippen LogP contribution < -0.4 is 5.32 Å². The van der Waals surface area contributed by atoms with Gasteiger partial charge >= 0.3 is 6.09 Å². The summed E-state index contributed by atoms with van der Waals surface area (Å²) in [7, 11) is 0. The van der Waals surface area contributed by atoms with Gasteiger partial charge in [-0.3, -0.25) is 0 Å². The van der Waals surface area contributed by atoms with Crippen LogP contribution in [0, 0.1) is 31.0 Å². The number of nitriles is 1. The maximum atomic E-state index is 14.9. The van der Waals surface area contributed by atoms with Gasteiger partial charge in [0.15, 0.2) is 0 Å². The third kappa shape index (κ3) is 3.68. The van der Waals surface area contributed by atoms with Crippen LogP contribution in [0.5, 0.6) is 0 Å². The Morgan fingerprint density at radius 2 is 2.11 bits per heavy atom. The number of H-pyrrole nitrogens is 1. The molecule has 5 nitrogen and oxygen atoms in total. The van der Waals surface area contributed by atoms with Crippen molar-refractivity contribution in [2.24, 2.45) is 0 Å². The van der Waals surface area contributed by atoms with E-state index >= 15 is 0 Å². The summed E-state index contributed by atoms with van der Waals surface area (Å²) in [6, 6.07) is 3.20.